The molecule has 0 bridgehead atoms. The highest BCUT2D eigenvalue weighted by molar-refractivity contribution is 5.73. The summed E-state index contributed by atoms with van der Waals surface area (Å²) in [5, 5.41) is 27.2. The summed E-state index contributed by atoms with van der Waals surface area (Å²) in [6.07, 6.45) is -0.989. The van der Waals surface area contributed by atoms with Crippen LogP contribution in [0.25, 0.3) is 0 Å². The maximum Gasteiger partial charge on any atom is 0.320 e. The fourth-order valence-corrected chi connectivity index (χ4v) is 1.17. The van der Waals surface area contributed by atoms with Crippen LogP contribution >= 0.6 is 0 Å². The third kappa shape index (κ3) is 3.23. The van der Waals surface area contributed by atoms with Crippen molar-refractivity contribution in [1.82, 2.24) is 0 Å². The fourth-order valence-electron chi connectivity index (χ4n) is 1.17. The molecular formula is C10H13NO4. The Kier molecular flexibility index (Phi) is 3.65. The van der Waals surface area contributed by atoms with Gasteiger partial charge in [0.2, 0.25) is 0 Å². The first-order valence-electron chi connectivity index (χ1n) is 4.46. The van der Waals surface area contributed by atoms with E-state index in [2.05, 4.69) is 0 Å². The van der Waals surface area contributed by atoms with E-state index in [4.69, 9.17) is 15.9 Å². The Labute approximate surface area is 86.8 Å². The molecule has 2 atom stereocenters. The highest BCUT2D eigenvalue weighted by Crippen LogP contribution is 2.20. The number of rotatable bonds is 4. The van der Waals surface area contributed by atoms with Crippen LogP contribution in [0.4, 0.5) is 0 Å². The molecule has 0 aliphatic rings. The van der Waals surface area contributed by atoms with Gasteiger partial charge in [-0.15, -0.1) is 0 Å². The first-order chi connectivity index (χ1) is 7.00. The maximum absolute atomic E-state index is 10.4. The molecule has 0 amide bonds. The molecule has 0 aromatic heterocycles. The van der Waals surface area contributed by atoms with E-state index in [1.807, 2.05) is 0 Å². The summed E-state index contributed by atoms with van der Waals surface area (Å²) < 4.78 is 0. The van der Waals surface area contributed by atoms with E-state index < -0.39 is 18.1 Å². The van der Waals surface area contributed by atoms with E-state index in [0.717, 1.165) is 0 Å². The lowest BCUT2D eigenvalue weighted by molar-refractivity contribution is -0.139. The molecule has 0 spiro atoms. The quantitative estimate of drug-likeness (QED) is 0.570. The average molecular weight is 211 g/mol. The second-order valence-corrected chi connectivity index (χ2v) is 3.29. The number of carboxylic acid groups (broad SMARTS) is 1. The van der Waals surface area contributed by atoms with E-state index in [1.165, 1.54) is 24.3 Å². The second-order valence-electron chi connectivity index (χ2n) is 3.29. The molecule has 1 rings (SSSR count). The van der Waals surface area contributed by atoms with Gasteiger partial charge in [0.1, 0.15) is 11.8 Å². The first kappa shape index (κ1) is 11.5. The molecule has 0 fully saturated rings. The molecule has 5 nitrogen and oxygen atoms in total. The number of nitrogens with two attached hydrogens (primary N) is 1. The number of aliphatic hydroxyl groups is 1. The summed E-state index contributed by atoms with van der Waals surface area (Å²) in [6, 6.07) is 4.80. The molecule has 0 aliphatic heterocycles. The van der Waals surface area contributed by atoms with E-state index in [1.54, 1.807) is 0 Å². The Morgan fingerprint density at radius 2 is 1.87 bits per heavy atom. The minimum Gasteiger partial charge on any atom is -0.508 e. The second kappa shape index (κ2) is 4.77. The van der Waals surface area contributed by atoms with Crippen LogP contribution in [0.5, 0.6) is 5.75 Å². The topological polar surface area (TPSA) is 104 Å². The van der Waals surface area contributed by atoms with E-state index >= 15 is 0 Å². The third-order valence-corrected chi connectivity index (χ3v) is 2.07. The summed E-state index contributed by atoms with van der Waals surface area (Å²) in [4.78, 5) is 10.4. The monoisotopic (exact) mass is 211 g/mol. The zero-order chi connectivity index (χ0) is 11.4. The van der Waals surface area contributed by atoms with Gasteiger partial charge in [-0.2, -0.15) is 0 Å². The molecule has 0 saturated carbocycles. The lowest BCUT2D eigenvalue weighted by Crippen LogP contribution is -2.31. The van der Waals surface area contributed by atoms with Crippen LogP contribution in [0.3, 0.4) is 0 Å². The van der Waals surface area contributed by atoms with Gasteiger partial charge in [-0.05, 0) is 17.7 Å². The van der Waals surface area contributed by atoms with Crippen molar-refractivity contribution >= 4 is 5.97 Å². The molecule has 5 N–H and O–H groups in total. The van der Waals surface area contributed by atoms with Crippen LogP contribution in [0.2, 0.25) is 0 Å². The number of hydrogen-bond acceptors (Lipinski definition) is 4. The summed E-state index contributed by atoms with van der Waals surface area (Å²) in [7, 11) is 0. The van der Waals surface area contributed by atoms with E-state index in [9.17, 15) is 9.90 Å². The van der Waals surface area contributed by atoms with Gasteiger partial charge in [0, 0.05) is 6.42 Å². The maximum atomic E-state index is 10.4. The fraction of sp³-hybridized carbons (Fsp3) is 0.300. The molecule has 5 heteroatoms. The highest BCUT2D eigenvalue weighted by Gasteiger charge is 2.17. The van der Waals surface area contributed by atoms with Gasteiger partial charge >= 0.3 is 5.97 Å². The molecular weight excluding hydrogens is 198 g/mol. The standard InChI is InChI=1S/C10H13NO4/c11-8(10(14)15)5-9(13)6-1-3-7(12)4-2-6/h1-4,8-9,12-13H,5,11H2,(H,14,15). The number of benzene rings is 1. The molecule has 2 unspecified atom stereocenters. The number of aliphatic carboxylic acids is 1. The van der Waals surface area contributed by atoms with Crippen molar-refractivity contribution < 1.29 is 20.1 Å². The van der Waals surface area contributed by atoms with Crippen LogP contribution in [-0.4, -0.2) is 27.3 Å². The van der Waals surface area contributed by atoms with Crippen molar-refractivity contribution in [3.63, 3.8) is 0 Å². The summed E-state index contributed by atoms with van der Waals surface area (Å²) in [5.74, 6) is -1.05. The van der Waals surface area contributed by atoms with Crippen LogP contribution in [0.15, 0.2) is 24.3 Å². The minimum absolute atomic E-state index is 0.0554. The Bertz CT molecular complexity index is 336. The molecule has 1 aromatic rings. The summed E-state index contributed by atoms with van der Waals surface area (Å²) >= 11 is 0. The van der Waals surface area contributed by atoms with Gasteiger partial charge in [-0.3, -0.25) is 4.79 Å². The van der Waals surface area contributed by atoms with Gasteiger partial charge < -0.3 is 21.1 Å². The number of aromatic hydroxyl groups is 1. The number of phenols is 1. The molecule has 0 saturated heterocycles. The number of hydrogen-bond donors (Lipinski definition) is 4. The highest BCUT2D eigenvalue weighted by atomic mass is 16.4. The number of carboxylic acids is 1. The van der Waals surface area contributed by atoms with Crippen LogP contribution in [-0.2, 0) is 4.79 Å². The van der Waals surface area contributed by atoms with Crippen molar-refractivity contribution in [1.29, 1.82) is 0 Å². The lowest BCUT2D eigenvalue weighted by atomic mass is 10.0. The first-order valence-corrected chi connectivity index (χ1v) is 4.46. The Hall–Kier alpha value is -1.59. The van der Waals surface area contributed by atoms with E-state index in [0.29, 0.717) is 5.56 Å². The largest absolute Gasteiger partial charge is 0.508 e. The zero-order valence-corrected chi connectivity index (χ0v) is 8.00. The Balaban J connectivity index is 2.64. The predicted molar refractivity (Wildman–Crippen MR) is 53.3 cm³/mol. The minimum atomic E-state index is -1.15. The van der Waals surface area contributed by atoms with Gasteiger partial charge in [0.25, 0.3) is 0 Å². The van der Waals surface area contributed by atoms with Gasteiger partial charge in [0.05, 0.1) is 6.10 Å². The smallest absolute Gasteiger partial charge is 0.320 e. The lowest BCUT2D eigenvalue weighted by Gasteiger charge is -2.13. The van der Waals surface area contributed by atoms with Gasteiger partial charge in [-0.25, -0.2) is 0 Å². The predicted octanol–water partition coefficient (Wildman–Crippen LogP) is 0.228. The molecule has 15 heavy (non-hydrogen) atoms. The summed E-state index contributed by atoms with van der Waals surface area (Å²) in [5.41, 5.74) is 5.81. The van der Waals surface area contributed by atoms with Gasteiger partial charge in [-0.1, -0.05) is 12.1 Å². The normalized spacial score (nSPS) is 14.5. The van der Waals surface area contributed by atoms with Crippen molar-refractivity contribution in [3.05, 3.63) is 29.8 Å². The Morgan fingerprint density at radius 1 is 1.33 bits per heavy atom. The molecule has 0 heterocycles. The molecule has 1 aromatic carbocycles. The number of aliphatic hydroxyl groups excluding tert-OH is 1. The zero-order valence-electron chi connectivity index (χ0n) is 8.00. The van der Waals surface area contributed by atoms with Crippen molar-refractivity contribution in [3.8, 4) is 5.75 Å². The molecule has 0 aliphatic carbocycles. The third-order valence-electron chi connectivity index (χ3n) is 2.07. The molecule has 0 radical (unpaired) electrons. The van der Waals surface area contributed by atoms with Crippen molar-refractivity contribution in [2.45, 2.75) is 18.6 Å². The van der Waals surface area contributed by atoms with Crippen molar-refractivity contribution in [2.24, 2.45) is 5.73 Å². The Morgan fingerprint density at radius 3 is 2.33 bits per heavy atom. The number of phenolic OH excluding ortho intramolecular Hbond substituents is 1. The van der Waals surface area contributed by atoms with Crippen LogP contribution < -0.4 is 5.73 Å². The summed E-state index contributed by atoms with van der Waals surface area (Å²) in [6.45, 7) is 0. The average Bonchev–Trinajstić information content (AvgIpc) is 2.18. The van der Waals surface area contributed by atoms with Crippen molar-refractivity contribution in [2.75, 3.05) is 0 Å². The SMILES string of the molecule is NC(CC(O)c1ccc(O)cc1)C(=O)O. The van der Waals surface area contributed by atoms with Gasteiger partial charge in [0.15, 0.2) is 0 Å². The van der Waals surface area contributed by atoms with Crippen LogP contribution in [0.1, 0.15) is 18.1 Å². The van der Waals surface area contributed by atoms with Crippen LogP contribution in [0, 0.1) is 0 Å². The van der Waals surface area contributed by atoms with E-state index in [-0.39, 0.29) is 12.2 Å². The number of carbonyl (C=O) groups is 1. The molecule has 82 valence electrons.